The molecule has 0 aromatic rings. The van der Waals surface area contributed by atoms with Crippen LogP contribution in [0.2, 0.25) is 0 Å². The van der Waals surface area contributed by atoms with Crippen LogP contribution in [0.15, 0.2) is 0 Å². The Morgan fingerprint density at radius 1 is 1.17 bits per heavy atom. The molecule has 24 heavy (non-hydrogen) atoms. The van der Waals surface area contributed by atoms with Gasteiger partial charge in [-0.05, 0) is 19.3 Å². The summed E-state index contributed by atoms with van der Waals surface area (Å²) in [6.07, 6.45) is 9.79. The largest absolute Gasteiger partial charge is 0.469 e. The molecule has 0 unspecified atom stereocenters. The second-order valence-corrected chi connectivity index (χ2v) is 6.96. The molecule has 4 atom stereocenters. The Morgan fingerprint density at radius 3 is 2.58 bits per heavy atom. The minimum absolute atomic E-state index is 0.133. The number of carbonyl (C=O) groups excluding carboxylic acids is 1. The molecule has 1 saturated heterocycles. The first-order valence-corrected chi connectivity index (χ1v) is 9.66. The topological polar surface area (TPSA) is 76.0 Å². The fourth-order valence-electron chi connectivity index (χ4n) is 3.31. The van der Waals surface area contributed by atoms with Gasteiger partial charge in [-0.3, -0.25) is 4.79 Å². The van der Waals surface area contributed by atoms with Gasteiger partial charge in [-0.1, -0.05) is 51.9 Å². The molecule has 1 aliphatic heterocycles. The Morgan fingerprint density at radius 2 is 1.88 bits per heavy atom. The second-order valence-electron chi connectivity index (χ2n) is 6.96. The van der Waals surface area contributed by atoms with E-state index in [0.29, 0.717) is 12.8 Å². The van der Waals surface area contributed by atoms with E-state index in [1.54, 1.807) is 0 Å². The Kier molecular flexibility index (Phi) is 11.3. The van der Waals surface area contributed by atoms with E-state index in [1.165, 1.54) is 7.11 Å². The number of rotatable bonds is 13. The summed E-state index contributed by atoms with van der Waals surface area (Å²) in [6, 6.07) is 0. The first-order valence-electron chi connectivity index (χ1n) is 9.66. The summed E-state index contributed by atoms with van der Waals surface area (Å²) in [4.78, 5) is 11.0. The number of esters is 1. The minimum atomic E-state index is -0.450. The average molecular weight is 344 g/mol. The number of methoxy groups -OCH3 is 1. The highest BCUT2D eigenvalue weighted by Crippen LogP contribution is 2.28. The average Bonchev–Trinajstić information content (AvgIpc) is 2.95. The Labute approximate surface area is 146 Å². The predicted octanol–water partition coefficient (Wildman–Crippen LogP) is 3.35. The maximum atomic E-state index is 11.0. The lowest BCUT2D eigenvalue weighted by molar-refractivity contribution is -0.140. The number of ether oxygens (including phenoxy) is 2. The molecule has 0 radical (unpaired) electrons. The van der Waals surface area contributed by atoms with Crippen molar-refractivity contribution in [1.29, 1.82) is 0 Å². The van der Waals surface area contributed by atoms with Gasteiger partial charge < -0.3 is 19.7 Å². The molecule has 0 spiro atoms. The van der Waals surface area contributed by atoms with E-state index < -0.39 is 12.2 Å². The molecule has 1 fully saturated rings. The normalized spacial score (nSPS) is 24.9. The fourth-order valence-corrected chi connectivity index (χ4v) is 3.31. The van der Waals surface area contributed by atoms with E-state index in [0.717, 1.165) is 64.2 Å². The van der Waals surface area contributed by atoms with Crippen molar-refractivity contribution in [2.75, 3.05) is 7.11 Å². The molecule has 0 amide bonds. The molecule has 5 heteroatoms. The summed E-state index contributed by atoms with van der Waals surface area (Å²) in [7, 11) is 1.42. The highest BCUT2D eigenvalue weighted by Gasteiger charge is 2.36. The van der Waals surface area contributed by atoms with Crippen LogP contribution in [-0.4, -0.2) is 47.7 Å². The smallest absolute Gasteiger partial charge is 0.305 e. The van der Waals surface area contributed by atoms with E-state index in [4.69, 9.17) is 4.74 Å². The number of aliphatic hydroxyl groups is 2. The predicted molar refractivity (Wildman–Crippen MR) is 93.8 cm³/mol. The summed E-state index contributed by atoms with van der Waals surface area (Å²) in [5.41, 5.74) is 0. The maximum Gasteiger partial charge on any atom is 0.305 e. The van der Waals surface area contributed by atoms with Crippen molar-refractivity contribution in [2.24, 2.45) is 0 Å². The van der Waals surface area contributed by atoms with Crippen LogP contribution in [0.4, 0.5) is 0 Å². The molecule has 1 aliphatic rings. The standard InChI is InChI=1S/C19H36O5/c1-3-4-8-11-15(20)18-14-16(21)17(24-18)12-9-6-5-7-10-13-19(22)23-2/h15-18,20-21H,3-14H2,1-2H3/t15-,16+,17+,18+/m0/s1. The Balaban J connectivity index is 2.08. The molecule has 5 nitrogen and oxygen atoms in total. The summed E-state index contributed by atoms with van der Waals surface area (Å²) in [5, 5.41) is 20.3. The summed E-state index contributed by atoms with van der Waals surface area (Å²) in [5.74, 6) is -0.138. The molecular weight excluding hydrogens is 308 g/mol. The number of aliphatic hydroxyl groups excluding tert-OH is 2. The lowest BCUT2D eigenvalue weighted by Gasteiger charge is -2.19. The van der Waals surface area contributed by atoms with Crippen molar-refractivity contribution in [3.05, 3.63) is 0 Å². The van der Waals surface area contributed by atoms with Gasteiger partial charge >= 0.3 is 5.97 Å². The zero-order valence-corrected chi connectivity index (χ0v) is 15.4. The highest BCUT2D eigenvalue weighted by atomic mass is 16.5. The molecular formula is C19H36O5. The number of carbonyl (C=O) groups is 1. The van der Waals surface area contributed by atoms with E-state index in [-0.39, 0.29) is 18.2 Å². The molecule has 0 aliphatic carbocycles. The summed E-state index contributed by atoms with van der Waals surface area (Å²) < 4.78 is 10.5. The van der Waals surface area contributed by atoms with Crippen molar-refractivity contribution >= 4 is 5.97 Å². The number of unbranched alkanes of at least 4 members (excludes halogenated alkanes) is 6. The van der Waals surface area contributed by atoms with Gasteiger partial charge in [0, 0.05) is 12.8 Å². The fraction of sp³-hybridized carbons (Fsp3) is 0.947. The zero-order valence-electron chi connectivity index (χ0n) is 15.4. The van der Waals surface area contributed by atoms with Crippen molar-refractivity contribution in [1.82, 2.24) is 0 Å². The van der Waals surface area contributed by atoms with Crippen molar-refractivity contribution in [3.8, 4) is 0 Å². The van der Waals surface area contributed by atoms with Crippen molar-refractivity contribution in [3.63, 3.8) is 0 Å². The lowest BCUT2D eigenvalue weighted by Crippen LogP contribution is -2.26. The Hall–Kier alpha value is -0.650. The van der Waals surface area contributed by atoms with E-state index >= 15 is 0 Å². The van der Waals surface area contributed by atoms with Crippen molar-refractivity contribution < 1.29 is 24.5 Å². The van der Waals surface area contributed by atoms with Crippen LogP contribution in [0.25, 0.3) is 0 Å². The minimum Gasteiger partial charge on any atom is -0.469 e. The van der Waals surface area contributed by atoms with Gasteiger partial charge in [-0.2, -0.15) is 0 Å². The van der Waals surface area contributed by atoms with Gasteiger partial charge in [-0.15, -0.1) is 0 Å². The first-order chi connectivity index (χ1) is 11.6. The zero-order chi connectivity index (χ0) is 17.8. The number of hydrogen-bond donors (Lipinski definition) is 2. The molecule has 0 aromatic heterocycles. The Bertz CT molecular complexity index is 334. The lowest BCUT2D eigenvalue weighted by atomic mass is 10.0. The van der Waals surface area contributed by atoms with Gasteiger partial charge in [0.1, 0.15) is 0 Å². The maximum absolute atomic E-state index is 11.0. The van der Waals surface area contributed by atoms with E-state index in [1.807, 2.05) is 0 Å². The van der Waals surface area contributed by atoms with Gasteiger partial charge in [0.2, 0.25) is 0 Å². The third kappa shape index (κ3) is 8.45. The monoisotopic (exact) mass is 344 g/mol. The highest BCUT2D eigenvalue weighted by molar-refractivity contribution is 5.68. The third-order valence-electron chi connectivity index (χ3n) is 4.88. The molecule has 0 saturated carbocycles. The van der Waals surface area contributed by atoms with Crippen LogP contribution in [0, 0.1) is 0 Å². The quantitative estimate of drug-likeness (QED) is 0.396. The van der Waals surface area contributed by atoms with Crippen LogP contribution in [0.3, 0.4) is 0 Å². The third-order valence-corrected chi connectivity index (χ3v) is 4.88. The van der Waals surface area contributed by atoms with Crippen LogP contribution in [-0.2, 0) is 14.3 Å². The molecule has 142 valence electrons. The van der Waals surface area contributed by atoms with Gasteiger partial charge in [0.15, 0.2) is 0 Å². The molecule has 0 bridgehead atoms. The van der Waals surface area contributed by atoms with Gasteiger partial charge in [-0.25, -0.2) is 0 Å². The molecule has 0 aromatic carbocycles. The SMILES string of the molecule is CCCCC[C@H](O)[C@H]1C[C@@H](O)[C@@H](CCCCCCCC(=O)OC)O1. The summed E-state index contributed by atoms with van der Waals surface area (Å²) >= 11 is 0. The molecule has 2 N–H and O–H groups in total. The van der Waals surface area contributed by atoms with Crippen molar-refractivity contribution in [2.45, 2.75) is 108 Å². The molecule has 1 heterocycles. The van der Waals surface area contributed by atoms with Gasteiger partial charge in [0.25, 0.3) is 0 Å². The number of hydrogen-bond acceptors (Lipinski definition) is 5. The van der Waals surface area contributed by atoms with E-state index in [2.05, 4.69) is 11.7 Å². The van der Waals surface area contributed by atoms with Crippen LogP contribution >= 0.6 is 0 Å². The first kappa shape index (κ1) is 21.4. The van der Waals surface area contributed by atoms with Crippen LogP contribution < -0.4 is 0 Å². The molecule has 1 rings (SSSR count). The van der Waals surface area contributed by atoms with Gasteiger partial charge in [0.05, 0.1) is 31.5 Å². The van der Waals surface area contributed by atoms with Crippen LogP contribution in [0.1, 0.15) is 84.0 Å². The second kappa shape index (κ2) is 12.7. The summed E-state index contributed by atoms with van der Waals surface area (Å²) in [6.45, 7) is 2.15. The van der Waals surface area contributed by atoms with E-state index in [9.17, 15) is 15.0 Å². The van der Waals surface area contributed by atoms with Crippen LogP contribution in [0.5, 0.6) is 0 Å².